The Morgan fingerprint density at radius 3 is 2.62 bits per heavy atom. The lowest BCUT2D eigenvalue weighted by Gasteiger charge is -2.51. The van der Waals surface area contributed by atoms with Gasteiger partial charge in [-0.15, -0.1) is 0 Å². The van der Waals surface area contributed by atoms with Gasteiger partial charge in [-0.1, -0.05) is 25.5 Å². The van der Waals surface area contributed by atoms with Crippen molar-refractivity contribution in [2.24, 2.45) is 29.1 Å². The van der Waals surface area contributed by atoms with Gasteiger partial charge in [0.1, 0.15) is 0 Å². The van der Waals surface area contributed by atoms with E-state index in [1.54, 1.807) is 0 Å². The largest absolute Gasteiger partial charge is 0.481 e. The lowest BCUT2D eigenvalue weighted by molar-refractivity contribution is -0.156. The van der Waals surface area contributed by atoms with Crippen LogP contribution in [0.3, 0.4) is 0 Å². The van der Waals surface area contributed by atoms with Crippen LogP contribution in [0.2, 0.25) is 0 Å². The molecule has 3 aliphatic rings. The van der Waals surface area contributed by atoms with Gasteiger partial charge in [-0.25, -0.2) is 0 Å². The molecular formula is C14H22O2. The lowest BCUT2D eigenvalue weighted by Crippen LogP contribution is -2.48. The quantitative estimate of drug-likeness (QED) is 0.728. The molecule has 0 unspecified atom stereocenters. The molecule has 2 heteroatoms. The van der Waals surface area contributed by atoms with Crippen LogP contribution in [0.25, 0.3) is 0 Å². The molecule has 0 amide bonds. The van der Waals surface area contributed by atoms with E-state index in [4.69, 9.17) is 0 Å². The molecular weight excluding hydrogens is 200 g/mol. The molecule has 0 saturated heterocycles. The first-order valence-electron chi connectivity index (χ1n) is 6.28. The van der Waals surface area contributed by atoms with Gasteiger partial charge in [0.2, 0.25) is 0 Å². The van der Waals surface area contributed by atoms with E-state index in [1.807, 2.05) is 6.92 Å². The summed E-state index contributed by atoms with van der Waals surface area (Å²) in [6.07, 6.45) is 4.23. The Morgan fingerprint density at radius 1 is 1.56 bits per heavy atom. The molecule has 2 nitrogen and oxygen atoms in total. The van der Waals surface area contributed by atoms with E-state index in [1.165, 1.54) is 5.57 Å². The van der Waals surface area contributed by atoms with Crippen molar-refractivity contribution in [3.8, 4) is 0 Å². The molecule has 0 aromatic heterocycles. The first-order valence-corrected chi connectivity index (χ1v) is 6.28. The van der Waals surface area contributed by atoms with E-state index >= 15 is 0 Å². The third-order valence-corrected chi connectivity index (χ3v) is 4.86. The maximum atomic E-state index is 11.5. The van der Waals surface area contributed by atoms with E-state index < -0.39 is 11.4 Å². The molecule has 3 aliphatic carbocycles. The van der Waals surface area contributed by atoms with Crippen LogP contribution in [0.4, 0.5) is 0 Å². The van der Waals surface area contributed by atoms with Crippen molar-refractivity contribution in [3.63, 3.8) is 0 Å². The van der Waals surface area contributed by atoms with E-state index in [2.05, 4.69) is 26.8 Å². The van der Waals surface area contributed by atoms with Gasteiger partial charge in [0, 0.05) is 0 Å². The summed E-state index contributed by atoms with van der Waals surface area (Å²) in [7, 11) is 0. The molecule has 1 saturated carbocycles. The molecule has 4 atom stereocenters. The fourth-order valence-corrected chi connectivity index (χ4v) is 3.82. The van der Waals surface area contributed by atoms with Crippen LogP contribution in [0.15, 0.2) is 11.6 Å². The van der Waals surface area contributed by atoms with Crippen LogP contribution < -0.4 is 0 Å². The number of aliphatic carboxylic acids is 1. The van der Waals surface area contributed by atoms with E-state index in [0.717, 1.165) is 12.8 Å². The zero-order valence-corrected chi connectivity index (χ0v) is 10.7. The monoisotopic (exact) mass is 222 g/mol. The standard InChI is InChI=1S/C14H22O2/c1-8(2)11-6-12-9(3)5-10(11)7-14(12,4)13(15)16/h5,8,10-12H,6-7H2,1-4H3,(H,15,16)/t10-,11+,12+,14+/m0/s1. The number of allylic oxidation sites excluding steroid dienone is 2. The lowest BCUT2D eigenvalue weighted by atomic mass is 9.52. The Balaban J connectivity index is 2.33. The van der Waals surface area contributed by atoms with Crippen molar-refractivity contribution in [2.75, 3.05) is 0 Å². The van der Waals surface area contributed by atoms with Crippen molar-refractivity contribution in [3.05, 3.63) is 11.6 Å². The van der Waals surface area contributed by atoms with Gasteiger partial charge in [-0.05, 0) is 50.4 Å². The van der Waals surface area contributed by atoms with Crippen molar-refractivity contribution >= 4 is 5.97 Å². The molecule has 3 rings (SSSR count). The second-order valence-electron chi connectivity index (χ2n) is 6.20. The Morgan fingerprint density at radius 2 is 2.19 bits per heavy atom. The Kier molecular flexibility index (Phi) is 2.64. The maximum Gasteiger partial charge on any atom is 0.309 e. The first kappa shape index (κ1) is 11.7. The summed E-state index contributed by atoms with van der Waals surface area (Å²) in [5.74, 6) is 1.46. The van der Waals surface area contributed by atoms with Gasteiger partial charge < -0.3 is 5.11 Å². The summed E-state index contributed by atoms with van der Waals surface area (Å²) < 4.78 is 0. The van der Waals surface area contributed by atoms with E-state index in [9.17, 15) is 9.90 Å². The minimum absolute atomic E-state index is 0.252. The number of fused-ring (bicyclic) bond motifs is 2. The highest BCUT2D eigenvalue weighted by Crippen LogP contribution is 2.55. The molecule has 1 N–H and O–H groups in total. The van der Waals surface area contributed by atoms with Crippen LogP contribution in [-0.4, -0.2) is 11.1 Å². The maximum absolute atomic E-state index is 11.5. The number of rotatable bonds is 2. The minimum Gasteiger partial charge on any atom is -0.481 e. The predicted molar refractivity (Wildman–Crippen MR) is 64.0 cm³/mol. The third kappa shape index (κ3) is 1.50. The topological polar surface area (TPSA) is 37.3 Å². The average molecular weight is 222 g/mol. The van der Waals surface area contributed by atoms with Gasteiger partial charge in [-0.3, -0.25) is 4.79 Å². The Labute approximate surface area is 97.7 Å². The van der Waals surface area contributed by atoms with Gasteiger partial charge >= 0.3 is 5.97 Å². The van der Waals surface area contributed by atoms with Crippen molar-refractivity contribution in [2.45, 2.75) is 40.5 Å². The average Bonchev–Trinajstić information content (AvgIpc) is 2.16. The van der Waals surface area contributed by atoms with Crippen molar-refractivity contribution in [1.82, 2.24) is 0 Å². The van der Waals surface area contributed by atoms with E-state index in [-0.39, 0.29) is 5.92 Å². The zero-order valence-electron chi connectivity index (χ0n) is 10.7. The molecule has 90 valence electrons. The highest BCUT2D eigenvalue weighted by atomic mass is 16.4. The number of hydrogen-bond acceptors (Lipinski definition) is 1. The molecule has 0 aromatic rings. The summed E-state index contributed by atoms with van der Waals surface area (Å²) in [5, 5.41) is 9.44. The smallest absolute Gasteiger partial charge is 0.309 e. The molecule has 16 heavy (non-hydrogen) atoms. The molecule has 0 aromatic carbocycles. The summed E-state index contributed by atoms with van der Waals surface area (Å²) in [4.78, 5) is 11.5. The third-order valence-electron chi connectivity index (χ3n) is 4.86. The molecule has 2 bridgehead atoms. The number of carboxylic acids is 1. The second kappa shape index (κ2) is 3.61. The van der Waals surface area contributed by atoms with Gasteiger partial charge in [0.05, 0.1) is 5.41 Å². The normalized spacial score (nSPS) is 42.3. The van der Waals surface area contributed by atoms with Gasteiger partial charge in [-0.2, -0.15) is 0 Å². The van der Waals surface area contributed by atoms with E-state index in [0.29, 0.717) is 17.8 Å². The summed E-state index contributed by atoms with van der Waals surface area (Å²) in [5.41, 5.74) is 0.785. The molecule has 0 radical (unpaired) electrons. The first-order chi connectivity index (χ1) is 7.36. The SMILES string of the molecule is CC1=C[C@H]2C[C@@](C)(C(=O)O)[C@@H]1C[C@@H]2C(C)C. The van der Waals surface area contributed by atoms with Gasteiger partial charge in [0.25, 0.3) is 0 Å². The molecule has 1 fully saturated rings. The highest BCUT2D eigenvalue weighted by Gasteiger charge is 2.52. The van der Waals surface area contributed by atoms with Crippen LogP contribution in [0.1, 0.15) is 40.5 Å². The second-order valence-corrected chi connectivity index (χ2v) is 6.20. The zero-order chi connectivity index (χ0) is 12.1. The highest BCUT2D eigenvalue weighted by molar-refractivity contribution is 5.76. The summed E-state index contributed by atoms with van der Waals surface area (Å²) in [6, 6.07) is 0. The number of hydrogen-bond donors (Lipinski definition) is 1. The Bertz CT molecular complexity index is 343. The summed E-state index contributed by atoms with van der Waals surface area (Å²) >= 11 is 0. The van der Waals surface area contributed by atoms with Crippen molar-refractivity contribution in [1.29, 1.82) is 0 Å². The molecule has 0 heterocycles. The number of carboxylic acid groups (broad SMARTS) is 1. The van der Waals surface area contributed by atoms with Gasteiger partial charge in [0.15, 0.2) is 0 Å². The van der Waals surface area contributed by atoms with Crippen molar-refractivity contribution < 1.29 is 9.90 Å². The van der Waals surface area contributed by atoms with Crippen LogP contribution in [0, 0.1) is 29.1 Å². The minimum atomic E-state index is -0.614. The molecule has 0 spiro atoms. The predicted octanol–water partition coefficient (Wildman–Crippen LogP) is 3.34. The van der Waals surface area contributed by atoms with Crippen LogP contribution in [-0.2, 0) is 4.79 Å². The summed E-state index contributed by atoms with van der Waals surface area (Å²) in [6.45, 7) is 8.55. The Hall–Kier alpha value is -0.790. The number of carbonyl (C=O) groups is 1. The van der Waals surface area contributed by atoms with Crippen LogP contribution in [0.5, 0.6) is 0 Å². The fourth-order valence-electron chi connectivity index (χ4n) is 3.82. The fraction of sp³-hybridized carbons (Fsp3) is 0.786. The van der Waals surface area contributed by atoms with Crippen LogP contribution >= 0.6 is 0 Å². The molecule has 0 aliphatic heterocycles.